The van der Waals surface area contributed by atoms with Crippen molar-refractivity contribution in [1.29, 1.82) is 0 Å². The Balaban J connectivity index is 0.879. The van der Waals surface area contributed by atoms with Gasteiger partial charge in [0.2, 0.25) is 0 Å². The monoisotopic (exact) mass is 1380 g/mol. The number of aliphatic hydroxyl groups excluding tert-OH is 4. The number of benzene rings is 6. The van der Waals surface area contributed by atoms with Gasteiger partial charge in [0.15, 0.2) is 17.8 Å². The highest BCUT2D eigenvalue weighted by molar-refractivity contribution is 5.91. The number of esters is 2. The molecule has 12 heteroatoms. The fourth-order valence-electron chi connectivity index (χ4n) is 24.5. The molecular formula is C91H94O12. The van der Waals surface area contributed by atoms with Gasteiger partial charge in [-0.3, -0.25) is 4.79 Å². The van der Waals surface area contributed by atoms with E-state index in [0.29, 0.717) is 53.4 Å². The summed E-state index contributed by atoms with van der Waals surface area (Å²) >= 11 is 0. The number of rotatable bonds is 8. The predicted octanol–water partition coefficient (Wildman–Crippen LogP) is 16.4. The number of hydrogen-bond donors (Lipinski definition) is 4. The third-order valence-electron chi connectivity index (χ3n) is 28.9. The molecule has 0 amide bonds. The number of ether oxygens (including phenoxy) is 4. The summed E-state index contributed by atoms with van der Waals surface area (Å²) in [7, 11) is 0. The van der Waals surface area contributed by atoms with Crippen LogP contribution in [0.3, 0.4) is 0 Å². The quantitative estimate of drug-likeness (QED) is 0.0372. The first-order valence-corrected chi connectivity index (χ1v) is 38.9. The number of allylic oxidation sites excluding steroid dienone is 4. The van der Waals surface area contributed by atoms with Crippen molar-refractivity contribution < 1.29 is 53.4 Å². The molecule has 530 valence electrons. The number of carbonyl (C=O) groups excluding carboxylic acids is 2. The fourth-order valence-corrected chi connectivity index (χ4v) is 24.5. The maximum atomic E-state index is 16.8. The Morgan fingerprint density at radius 3 is 2.38 bits per heavy atom. The molecule has 3 saturated carbocycles. The molecule has 20 bridgehead atoms. The number of carbonyl (C=O) groups is 2. The van der Waals surface area contributed by atoms with Gasteiger partial charge in [0.05, 0.1) is 25.4 Å². The number of hydrogen-bond acceptors (Lipinski definition) is 12. The molecule has 26 rings (SSSR count). The third kappa shape index (κ3) is 10.1. The maximum absolute atomic E-state index is 16.8. The normalized spacial score (nSPS) is 32.8. The van der Waals surface area contributed by atoms with Gasteiger partial charge in [0, 0.05) is 58.6 Å². The van der Waals surface area contributed by atoms with E-state index in [1.54, 1.807) is 6.07 Å². The van der Waals surface area contributed by atoms with Crippen LogP contribution >= 0.6 is 0 Å². The molecule has 19 aliphatic rings. The average Bonchev–Trinajstić information content (AvgIpc) is 1.33. The van der Waals surface area contributed by atoms with Crippen molar-refractivity contribution in [2.45, 2.75) is 194 Å². The lowest BCUT2D eigenvalue weighted by molar-refractivity contribution is -0.202. The second-order valence-electron chi connectivity index (χ2n) is 33.3. The van der Waals surface area contributed by atoms with E-state index in [4.69, 9.17) is 23.4 Å². The topological polar surface area (TPSA) is 182 Å². The zero-order chi connectivity index (χ0) is 69.8. The summed E-state index contributed by atoms with van der Waals surface area (Å²) in [6.45, 7) is 1.83. The minimum Gasteiger partial charge on any atom is -0.483 e. The summed E-state index contributed by atoms with van der Waals surface area (Å²) in [5.41, 5.74) is 16.0. The van der Waals surface area contributed by atoms with Crippen LogP contribution < -0.4 is 10.4 Å². The van der Waals surface area contributed by atoms with E-state index < -0.39 is 61.3 Å². The standard InChI is InChI=1S/C91H94O12/c1-50(46-93)70-44-74-66-29-22-56-40-71(66)59-41-73-67-28-20-53-9-3-4-12-64(53)72(67)45-78(73)89(2)86(102-87(70)97)85(83-80(103-89)32-31-69-75(47-94)82(88(98)101-84(69)83)57(33-36-92)48-99-49-95)100-81(96)43-58-39-55(21-27-63(56)58)65-13-8-14-76-68(65)30-26-62-11-7-10-61-25-19-54-18-15-52(38-77(54)91(61,62)76)37-51-16-23-60(24-17-51)90(79(74)42-59)34-5-6-35-90/h3-4,8-9,12-25,27-29,31-32,38,40,55,57-59,61-63,67,72-74,78-79,85-86,92-95H,5-7,10-11,26,30,33-37,39,41-49H2,1-2H3. The highest BCUT2D eigenvalue weighted by Crippen LogP contribution is 2.67. The molecule has 17 atom stereocenters. The lowest BCUT2D eigenvalue weighted by Gasteiger charge is -2.55. The van der Waals surface area contributed by atoms with Crippen LogP contribution in [0.2, 0.25) is 0 Å². The molecule has 0 saturated heterocycles. The van der Waals surface area contributed by atoms with Gasteiger partial charge in [-0.2, -0.15) is 0 Å². The Hall–Kier alpha value is -7.97. The van der Waals surface area contributed by atoms with E-state index in [-0.39, 0.29) is 118 Å². The molecule has 4 N–H and O–H groups in total. The highest BCUT2D eigenvalue weighted by atomic mass is 16.6. The van der Waals surface area contributed by atoms with Gasteiger partial charge in [-0.15, -0.1) is 0 Å². The second kappa shape index (κ2) is 25.4. The minimum absolute atomic E-state index is 0.00697. The Labute approximate surface area is 602 Å². The van der Waals surface area contributed by atoms with Crippen molar-refractivity contribution in [3.8, 4) is 5.75 Å². The van der Waals surface area contributed by atoms with E-state index >= 15 is 14.4 Å². The number of aliphatic hydroxyl groups is 4. The van der Waals surface area contributed by atoms with Crippen molar-refractivity contribution in [1.82, 2.24) is 0 Å². The van der Waals surface area contributed by atoms with E-state index in [9.17, 15) is 20.4 Å². The van der Waals surface area contributed by atoms with Gasteiger partial charge in [-0.05, 0) is 252 Å². The van der Waals surface area contributed by atoms with Crippen LogP contribution in [0, 0.1) is 41.4 Å². The van der Waals surface area contributed by atoms with Crippen LogP contribution in [0.4, 0.5) is 0 Å². The summed E-state index contributed by atoms with van der Waals surface area (Å²) in [5.74, 6) is -1.59. The third-order valence-corrected chi connectivity index (χ3v) is 28.9. The average molecular weight is 1380 g/mol. The van der Waals surface area contributed by atoms with Gasteiger partial charge in [0.25, 0.3) is 0 Å². The van der Waals surface area contributed by atoms with E-state index in [1.165, 1.54) is 85.2 Å². The van der Waals surface area contributed by atoms with E-state index in [2.05, 4.69) is 147 Å². The molecule has 12 nitrogen and oxygen atoms in total. The zero-order valence-corrected chi connectivity index (χ0v) is 59.2. The Morgan fingerprint density at radius 1 is 0.709 bits per heavy atom. The minimum atomic E-state index is -1.43. The van der Waals surface area contributed by atoms with E-state index in [1.807, 2.05) is 13.0 Å². The Kier molecular flexibility index (Phi) is 16.2. The molecule has 0 radical (unpaired) electrons. The van der Waals surface area contributed by atoms with Crippen LogP contribution in [-0.2, 0) is 54.1 Å². The molecule has 103 heavy (non-hydrogen) atoms. The molecule has 6 aromatic carbocycles. The summed E-state index contributed by atoms with van der Waals surface area (Å²) in [4.78, 5) is 48.4. The predicted molar refractivity (Wildman–Crippen MR) is 395 cm³/mol. The van der Waals surface area contributed by atoms with Crippen LogP contribution in [0.25, 0.3) is 23.1 Å². The lowest BCUT2D eigenvalue weighted by atomic mass is 9.48. The van der Waals surface area contributed by atoms with Gasteiger partial charge in [-0.1, -0.05) is 159 Å². The van der Waals surface area contributed by atoms with Gasteiger partial charge in [0.1, 0.15) is 18.1 Å². The van der Waals surface area contributed by atoms with Crippen LogP contribution in [0.1, 0.15) is 241 Å². The van der Waals surface area contributed by atoms with Gasteiger partial charge < -0.3 is 43.8 Å². The highest BCUT2D eigenvalue weighted by Gasteiger charge is 2.64. The molecule has 17 unspecified atom stereocenters. The maximum Gasteiger partial charge on any atom is 0.340 e. The SMILES string of the molecule is CC(CO)=C1CC2c3ccc4cc3C3CC5C6C=Cc7ccccc7C6CC5C5(C)Oc6ccc7c(CO)c(C(CCO)COCO)c(=O)oc7c6C(OC(=O)CC6CC(C=CC46)c4cccc6c4CCC4CCCC7C=Cc8ccc(cc8C674)Cc4ccc(cc4)C4(CCCC4)C2C3)C5OC1=O. The van der Waals surface area contributed by atoms with Gasteiger partial charge in [-0.25, -0.2) is 9.59 Å². The van der Waals surface area contributed by atoms with Crippen LogP contribution in [0.5, 0.6) is 5.75 Å². The van der Waals surface area contributed by atoms with Crippen LogP contribution in [-0.4, -0.2) is 70.7 Å². The molecule has 3 aliphatic heterocycles. The van der Waals surface area contributed by atoms with Crippen molar-refractivity contribution in [2.24, 2.45) is 41.4 Å². The van der Waals surface area contributed by atoms with Crippen molar-refractivity contribution in [3.05, 3.63) is 250 Å². The van der Waals surface area contributed by atoms with Crippen molar-refractivity contribution in [3.63, 3.8) is 0 Å². The fraction of sp³-hybridized carbons (Fsp3) is 0.462. The Morgan fingerprint density at radius 2 is 1.54 bits per heavy atom. The first-order chi connectivity index (χ1) is 50.3. The van der Waals surface area contributed by atoms with Crippen LogP contribution in [0.15, 0.2) is 160 Å². The molecule has 3 fully saturated rings. The first kappa shape index (κ1) is 65.8. The lowest BCUT2D eigenvalue weighted by Crippen LogP contribution is -2.59. The van der Waals surface area contributed by atoms with Crippen molar-refractivity contribution in [2.75, 3.05) is 26.6 Å². The van der Waals surface area contributed by atoms with E-state index in [0.717, 1.165) is 64.2 Å². The smallest absolute Gasteiger partial charge is 0.340 e. The molecular weight excluding hydrogens is 1280 g/mol. The number of fused-ring (bicyclic) bond motifs is 7. The first-order valence-electron chi connectivity index (χ1n) is 38.9. The molecule has 4 heterocycles. The zero-order valence-electron chi connectivity index (χ0n) is 59.2. The molecule has 1 aromatic heterocycles. The summed E-state index contributed by atoms with van der Waals surface area (Å²) in [6, 6.07) is 44.0. The van der Waals surface area contributed by atoms with Crippen molar-refractivity contribution >= 4 is 35.1 Å². The largest absolute Gasteiger partial charge is 0.483 e. The van der Waals surface area contributed by atoms with Gasteiger partial charge >= 0.3 is 17.6 Å². The molecule has 2 spiro atoms. The second-order valence-corrected chi connectivity index (χ2v) is 33.3. The Bertz CT molecular complexity index is 4790. The molecule has 7 aromatic rings. The summed E-state index contributed by atoms with van der Waals surface area (Å²) in [6.07, 6.45) is 25.9. The summed E-state index contributed by atoms with van der Waals surface area (Å²) in [5, 5.41) is 43.8. The summed E-state index contributed by atoms with van der Waals surface area (Å²) < 4.78 is 34.9. The molecule has 16 aliphatic carbocycles.